The fourth-order valence-corrected chi connectivity index (χ4v) is 2.80. The normalized spacial score (nSPS) is 29.6. The molecule has 1 atom stereocenters. The molecule has 2 aliphatic heterocycles. The Balaban J connectivity index is 1.68. The van der Waals surface area contributed by atoms with Crippen LogP contribution in [0.5, 0.6) is 0 Å². The smallest absolute Gasteiger partial charge is 0.0909 e. The second kappa shape index (κ2) is 3.84. The van der Waals surface area contributed by atoms with E-state index in [1.807, 2.05) is 0 Å². The van der Waals surface area contributed by atoms with Crippen molar-refractivity contribution < 1.29 is 5.11 Å². The van der Waals surface area contributed by atoms with Crippen molar-refractivity contribution in [3.63, 3.8) is 0 Å². The van der Waals surface area contributed by atoms with Gasteiger partial charge < -0.3 is 10.4 Å². The van der Waals surface area contributed by atoms with Gasteiger partial charge in [-0.2, -0.15) is 0 Å². The molecule has 0 aromatic heterocycles. The molecular weight excluding hydrogens is 200 g/mol. The molecule has 2 N–H and O–H groups in total. The van der Waals surface area contributed by atoms with Crippen LogP contribution in [0.3, 0.4) is 0 Å². The van der Waals surface area contributed by atoms with Crippen molar-refractivity contribution in [1.29, 1.82) is 0 Å². The Morgan fingerprint density at radius 2 is 1.94 bits per heavy atom. The van der Waals surface area contributed by atoms with Crippen molar-refractivity contribution in [2.75, 3.05) is 19.6 Å². The van der Waals surface area contributed by atoms with Crippen LogP contribution in [0.25, 0.3) is 0 Å². The van der Waals surface area contributed by atoms with Crippen molar-refractivity contribution in [2.45, 2.75) is 25.1 Å². The summed E-state index contributed by atoms with van der Waals surface area (Å²) in [6, 6.07) is 8.56. The highest BCUT2D eigenvalue weighted by Gasteiger charge is 2.34. The molecule has 1 saturated heterocycles. The number of aliphatic hydroxyl groups is 1. The molecule has 3 rings (SSSR count). The number of nitrogens with one attached hydrogen (secondary N) is 1. The monoisotopic (exact) mass is 218 g/mol. The Hall–Kier alpha value is -0.900. The Morgan fingerprint density at radius 1 is 1.25 bits per heavy atom. The van der Waals surface area contributed by atoms with Crippen LogP contribution in [-0.4, -0.2) is 35.2 Å². The first-order valence-electron chi connectivity index (χ1n) is 5.97. The van der Waals surface area contributed by atoms with Crippen molar-refractivity contribution in [3.05, 3.63) is 35.4 Å². The van der Waals surface area contributed by atoms with Crippen molar-refractivity contribution >= 4 is 0 Å². The molecule has 0 radical (unpaired) electrons. The van der Waals surface area contributed by atoms with Crippen LogP contribution in [0, 0.1) is 0 Å². The minimum absolute atomic E-state index is 0.512. The zero-order valence-electron chi connectivity index (χ0n) is 9.45. The number of hydrogen-bond acceptors (Lipinski definition) is 3. The van der Waals surface area contributed by atoms with Crippen LogP contribution in [0.15, 0.2) is 24.3 Å². The molecule has 2 aliphatic rings. The lowest BCUT2D eigenvalue weighted by atomic mass is 10.0. The van der Waals surface area contributed by atoms with Gasteiger partial charge in [-0.3, -0.25) is 4.90 Å². The van der Waals surface area contributed by atoms with Gasteiger partial charge in [-0.25, -0.2) is 0 Å². The van der Waals surface area contributed by atoms with Gasteiger partial charge in [0.05, 0.1) is 5.60 Å². The van der Waals surface area contributed by atoms with Gasteiger partial charge in [0.2, 0.25) is 0 Å². The molecule has 0 saturated carbocycles. The van der Waals surface area contributed by atoms with Crippen LogP contribution in [0.1, 0.15) is 17.5 Å². The second-order valence-electron chi connectivity index (χ2n) is 5.06. The van der Waals surface area contributed by atoms with Gasteiger partial charge in [0, 0.05) is 26.2 Å². The molecule has 3 heteroatoms. The van der Waals surface area contributed by atoms with E-state index in [-0.39, 0.29) is 0 Å². The summed E-state index contributed by atoms with van der Waals surface area (Å²) < 4.78 is 0. The standard InChI is InChI=1S/C13H18N2O/c16-13(5-6-14-9-13)10-15-7-11-3-1-2-4-12(11)8-15/h1-4,14,16H,5-10H2. The average molecular weight is 218 g/mol. The molecule has 86 valence electrons. The fourth-order valence-electron chi connectivity index (χ4n) is 2.80. The van der Waals surface area contributed by atoms with E-state index >= 15 is 0 Å². The minimum atomic E-state index is -0.512. The largest absolute Gasteiger partial charge is 0.387 e. The first-order chi connectivity index (χ1) is 7.75. The first kappa shape index (κ1) is 10.3. The van der Waals surface area contributed by atoms with Gasteiger partial charge >= 0.3 is 0 Å². The average Bonchev–Trinajstić information content (AvgIpc) is 2.84. The maximum Gasteiger partial charge on any atom is 0.0909 e. The Labute approximate surface area is 96.1 Å². The third-order valence-corrected chi connectivity index (χ3v) is 3.65. The quantitative estimate of drug-likeness (QED) is 0.768. The van der Waals surface area contributed by atoms with Gasteiger partial charge in [0.15, 0.2) is 0 Å². The van der Waals surface area contributed by atoms with E-state index in [1.54, 1.807) is 0 Å². The van der Waals surface area contributed by atoms with Gasteiger partial charge in [-0.1, -0.05) is 24.3 Å². The van der Waals surface area contributed by atoms with Crippen LogP contribution in [-0.2, 0) is 13.1 Å². The van der Waals surface area contributed by atoms with Gasteiger partial charge in [-0.05, 0) is 24.1 Å². The molecule has 2 heterocycles. The number of benzene rings is 1. The predicted molar refractivity (Wildman–Crippen MR) is 63.0 cm³/mol. The molecule has 0 amide bonds. The van der Waals surface area contributed by atoms with Crippen LogP contribution < -0.4 is 5.32 Å². The van der Waals surface area contributed by atoms with Crippen molar-refractivity contribution in [3.8, 4) is 0 Å². The molecule has 0 bridgehead atoms. The van der Waals surface area contributed by atoms with Crippen molar-refractivity contribution in [2.24, 2.45) is 0 Å². The summed E-state index contributed by atoms with van der Waals surface area (Å²) in [5.74, 6) is 0. The summed E-state index contributed by atoms with van der Waals surface area (Å²) in [7, 11) is 0. The maximum absolute atomic E-state index is 10.3. The van der Waals surface area contributed by atoms with Gasteiger partial charge in [-0.15, -0.1) is 0 Å². The zero-order valence-corrected chi connectivity index (χ0v) is 9.45. The number of rotatable bonds is 2. The SMILES string of the molecule is OC1(CN2Cc3ccccc3C2)CCNC1. The molecule has 1 unspecified atom stereocenters. The summed E-state index contributed by atoms with van der Waals surface area (Å²) in [5.41, 5.74) is 2.32. The Bertz CT molecular complexity index is 360. The Kier molecular flexibility index (Phi) is 2.46. The van der Waals surface area contributed by atoms with Crippen molar-refractivity contribution in [1.82, 2.24) is 10.2 Å². The lowest BCUT2D eigenvalue weighted by Gasteiger charge is -2.27. The molecule has 3 nitrogen and oxygen atoms in total. The fraction of sp³-hybridized carbons (Fsp3) is 0.538. The molecule has 1 aromatic rings. The van der Waals surface area contributed by atoms with Crippen LogP contribution >= 0.6 is 0 Å². The van der Waals surface area contributed by atoms with E-state index < -0.39 is 5.60 Å². The number of β-amino-alcohol motifs (C(OH)–C–C–N with tert-alkyl or cyclic N) is 1. The zero-order chi connectivity index (χ0) is 11.0. The van der Waals surface area contributed by atoms with E-state index in [4.69, 9.17) is 0 Å². The van der Waals surface area contributed by atoms with Crippen LogP contribution in [0.4, 0.5) is 0 Å². The number of fused-ring (bicyclic) bond motifs is 1. The Morgan fingerprint density at radius 3 is 2.50 bits per heavy atom. The summed E-state index contributed by atoms with van der Waals surface area (Å²) in [4.78, 5) is 2.34. The molecule has 1 fully saturated rings. The predicted octanol–water partition coefficient (Wildman–Crippen LogP) is 0.727. The maximum atomic E-state index is 10.3. The highest BCUT2D eigenvalue weighted by Crippen LogP contribution is 2.25. The minimum Gasteiger partial charge on any atom is -0.387 e. The number of nitrogens with zero attached hydrogens (tertiary/aromatic N) is 1. The summed E-state index contributed by atoms with van der Waals surface area (Å²) in [6.07, 6.45) is 0.875. The van der Waals surface area contributed by atoms with Crippen LogP contribution in [0.2, 0.25) is 0 Å². The molecule has 16 heavy (non-hydrogen) atoms. The second-order valence-corrected chi connectivity index (χ2v) is 5.06. The van der Waals surface area contributed by atoms with E-state index in [9.17, 15) is 5.11 Å². The highest BCUT2D eigenvalue weighted by atomic mass is 16.3. The third-order valence-electron chi connectivity index (χ3n) is 3.65. The molecule has 0 aliphatic carbocycles. The number of hydrogen-bond donors (Lipinski definition) is 2. The molecular formula is C13H18N2O. The third kappa shape index (κ3) is 1.86. The summed E-state index contributed by atoms with van der Waals surface area (Å²) in [5, 5.41) is 13.6. The lowest BCUT2D eigenvalue weighted by molar-refractivity contribution is 0.0196. The first-order valence-corrected chi connectivity index (χ1v) is 5.97. The molecule has 0 spiro atoms. The molecule has 1 aromatic carbocycles. The van der Waals surface area contributed by atoms with E-state index in [2.05, 4.69) is 34.5 Å². The lowest BCUT2D eigenvalue weighted by Crippen LogP contribution is -2.42. The van der Waals surface area contributed by atoms with E-state index in [1.165, 1.54) is 11.1 Å². The summed E-state index contributed by atoms with van der Waals surface area (Å²) in [6.45, 7) is 4.43. The van der Waals surface area contributed by atoms with E-state index in [0.717, 1.165) is 39.1 Å². The highest BCUT2D eigenvalue weighted by molar-refractivity contribution is 5.30. The topological polar surface area (TPSA) is 35.5 Å². The summed E-state index contributed by atoms with van der Waals surface area (Å²) >= 11 is 0. The van der Waals surface area contributed by atoms with Gasteiger partial charge in [0.25, 0.3) is 0 Å². The van der Waals surface area contributed by atoms with E-state index in [0.29, 0.717) is 0 Å². The van der Waals surface area contributed by atoms with Gasteiger partial charge in [0.1, 0.15) is 0 Å².